The molecule has 0 bridgehead atoms. The molecule has 0 saturated heterocycles. The number of ketones is 1. The van der Waals surface area contributed by atoms with Gasteiger partial charge in [0.05, 0.1) is 18.2 Å². The van der Waals surface area contributed by atoms with E-state index in [1.54, 1.807) is 12.1 Å². The standard InChI is InChI=1S/C15H11BrF2O2/c1-8-3-6-11(17)13(14(8)18)15(19)10-5-4-9(16)7-12(10)20-2/h3-7H,1-2H3. The molecule has 5 heteroatoms. The number of rotatable bonds is 3. The van der Waals surface area contributed by atoms with Gasteiger partial charge >= 0.3 is 0 Å². The summed E-state index contributed by atoms with van der Waals surface area (Å²) in [6.45, 7) is 1.48. The maximum atomic E-state index is 14.0. The Morgan fingerprint density at radius 2 is 1.90 bits per heavy atom. The van der Waals surface area contributed by atoms with Gasteiger partial charge in [0.25, 0.3) is 0 Å². The minimum atomic E-state index is -0.886. The molecule has 0 atom stereocenters. The van der Waals surface area contributed by atoms with Gasteiger partial charge in [-0.25, -0.2) is 8.78 Å². The first-order valence-electron chi connectivity index (χ1n) is 5.78. The van der Waals surface area contributed by atoms with Crippen molar-refractivity contribution < 1.29 is 18.3 Å². The highest BCUT2D eigenvalue weighted by atomic mass is 79.9. The van der Waals surface area contributed by atoms with Crippen LogP contribution in [0.3, 0.4) is 0 Å². The Hall–Kier alpha value is -1.75. The van der Waals surface area contributed by atoms with Crippen molar-refractivity contribution >= 4 is 21.7 Å². The Morgan fingerprint density at radius 3 is 2.55 bits per heavy atom. The molecule has 0 aliphatic heterocycles. The van der Waals surface area contributed by atoms with E-state index in [0.29, 0.717) is 4.47 Å². The van der Waals surface area contributed by atoms with E-state index in [1.165, 1.54) is 26.2 Å². The summed E-state index contributed by atoms with van der Waals surface area (Å²) in [5.41, 5.74) is -0.240. The highest BCUT2D eigenvalue weighted by Gasteiger charge is 2.23. The van der Waals surface area contributed by atoms with Crippen molar-refractivity contribution in [2.24, 2.45) is 0 Å². The van der Waals surface area contributed by atoms with Crippen LogP contribution in [-0.2, 0) is 0 Å². The molecule has 0 amide bonds. The third kappa shape index (κ3) is 2.58. The highest BCUT2D eigenvalue weighted by molar-refractivity contribution is 9.10. The maximum absolute atomic E-state index is 14.0. The molecule has 0 radical (unpaired) electrons. The lowest BCUT2D eigenvalue weighted by molar-refractivity contribution is 0.102. The van der Waals surface area contributed by atoms with Gasteiger partial charge < -0.3 is 4.74 Å². The zero-order chi connectivity index (χ0) is 14.9. The van der Waals surface area contributed by atoms with Crippen molar-refractivity contribution in [3.8, 4) is 5.75 Å². The summed E-state index contributed by atoms with van der Waals surface area (Å²) >= 11 is 3.24. The van der Waals surface area contributed by atoms with Gasteiger partial charge in [-0.1, -0.05) is 22.0 Å². The lowest BCUT2D eigenvalue weighted by Gasteiger charge is -2.10. The molecule has 0 unspecified atom stereocenters. The third-order valence-electron chi connectivity index (χ3n) is 2.92. The van der Waals surface area contributed by atoms with Crippen LogP contribution in [0.1, 0.15) is 21.5 Å². The first-order valence-corrected chi connectivity index (χ1v) is 6.58. The zero-order valence-electron chi connectivity index (χ0n) is 10.8. The van der Waals surface area contributed by atoms with Crippen molar-refractivity contribution in [3.05, 3.63) is 63.1 Å². The van der Waals surface area contributed by atoms with Crippen LogP contribution in [0.2, 0.25) is 0 Å². The van der Waals surface area contributed by atoms with Gasteiger partial charge in [0, 0.05) is 4.47 Å². The van der Waals surface area contributed by atoms with Gasteiger partial charge in [-0.2, -0.15) is 0 Å². The molecule has 0 aliphatic carbocycles. The lowest BCUT2D eigenvalue weighted by Crippen LogP contribution is -2.10. The number of halogens is 3. The number of hydrogen-bond acceptors (Lipinski definition) is 2. The number of aryl methyl sites for hydroxylation is 1. The molecule has 0 N–H and O–H groups in total. The van der Waals surface area contributed by atoms with Crippen molar-refractivity contribution in [1.82, 2.24) is 0 Å². The molecule has 0 heterocycles. The Morgan fingerprint density at radius 1 is 1.20 bits per heavy atom. The highest BCUT2D eigenvalue weighted by Crippen LogP contribution is 2.28. The van der Waals surface area contributed by atoms with Crippen LogP contribution in [0.4, 0.5) is 8.78 Å². The second-order valence-electron chi connectivity index (χ2n) is 4.23. The normalized spacial score (nSPS) is 10.4. The molecule has 0 saturated carbocycles. The molecule has 2 nitrogen and oxygen atoms in total. The molecule has 0 aliphatic rings. The van der Waals surface area contributed by atoms with E-state index in [1.807, 2.05) is 0 Å². The van der Waals surface area contributed by atoms with Gasteiger partial charge in [0.1, 0.15) is 17.4 Å². The lowest BCUT2D eigenvalue weighted by atomic mass is 9.99. The van der Waals surface area contributed by atoms with Crippen LogP contribution in [0, 0.1) is 18.6 Å². The van der Waals surface area contributed by atoms with Crippen molar-refractivity contribution in [1.29, 1.82) is 0 Å². The van der Waals surface area contributed by atoms with E-state index in [2.05, 4.69) is 15.9 Å². The van der Waals surface area contributed by atoms with Crippen LogP contribution in [0.25, 0.3) is 0 Å². The molecule has 2 aromatic carbocycles. The van der Waals surface area contributed by atoms with Gasteiger partial charge in [-0.15, -0.1) is 0 Å². The van der Waals surface area contributed by atoms with Crippen molar-refractivity contribution in [3.63, 3.8) is 0 Å². The summed E-state index contributed by atoms with van der Waals surface area (Å²) in [7, 11) is 1.39. The molecule has 104 valence electrons. The predicted molar refractivity (Wildman–Crippen MR) is 75.2 cm³/mol. The SMILES string of the molecule is COc1cc(Br)ccc1C(=O)c1c(F)ccc(C)c1F. The van der Waals surface area contributed by atoms with E-state index in [9.17, 15) is 13.6 Å². The first kappa shape index (κ1) is 14.7. The number of carbonyl (C=O) groups excluding carboxylic acids is 1. The fourth-order valence-corrected chi connectivity index (χ4v) is 2.19. The summed E-state index contributed by atoms with van der Waals surface area (Å²) in [6.07, 6.45) is 0. The predicted octanol–water partition coefficient (Wildman–Crippen LogP) is 4.28. The van der Waals surface area contributed by atoms with Crippen molar-refractivity contribution in [2.45, 2.75) is 6.92 Å². The molecule has 2 rings (SSSR count). The molecular formula is C15H11BrF2O2. The molecule has 0 fully saturated rings. The van der Waals surface area contributed by atoms with Crippen molar-refractivity contribution in [2.75, 3.05) is 7.11 Å². The van der Waals surface area contributed by atoms with Crippen LogP contribution >= 0.6 is 15.9 Å². The average Bonchev–Trinajstić information content (AvgIpc) is 2.43. The van der Waals surface area contributed by atoms with Crippen LogP contribution in [0.5, 0.6) is 5.75 Å². The Balaban J connectivity index is 2.61. The van der Waals surface area contributed by atoms with Gasteiger partial charge in [-0.05, 0) is 36.8 Å². The monoisotopic (exact) mass is 340 g/mol. The van der Waals surface area contributed by atoms with Crippen LogP contribution in [-0.4, -0.2) is 12.9 Å². The van der Waals surface area contributed by atoms with E-state index < -0.39 is 23.0 Å². The van der Waals surface area contributed by atoms with Crippen LogP contribution < -0.4 is 4.74 Å². The van der Waals surface area contributed by atoms with Gasteiger partial charge in [0.2, 0.25) is 5.78 Å². The van der Waals surface area contributed by atoms with Gasteiger partial charge in [-0.3, -0.25) is 4.79 Å². The molecule has 20 heavy (non-hydrogen) atoms. The van der Waals surface area contributed by atoms with E-state index in [0.717, 1.165) is 6.07 Å². The molecule has 0 aromatic heterocycles. The summed E-state index contributed by atoms with van der Waals surface area (Å²) in [5.74, 6) is -2.22. The maximum Gasteiger partial charge on any atom is 0.202 e. The number of hydrogen-bond donors (Lipinski definition) is 0. The third-order valence-corrected chi connectivity index (χ3v) is 3.41. The average molecular weight is 341 g/mol. The summed E-state index contributed by atoms with van der Waals surface area (Å²) in [6, 6.07) is 7.02. The minimum absolute atomic E-state index is 0.110. The number of methoxy groups -OCH3 is 1. The topological polar surface area (TPSA) is 26.3 Å². The second kappa shape index (κ2) is 5.71. The van der Waals surface area contributed by atoms with Crippen LogP contribution in [0.15, 0.2) is 34.8 Å². The Kier molecular flexibility index (Phi) is 4.18. The molecule has 2 aromatic rings. The summed E-state index contributed by atoms with van der Waals surface area (Å²) in [4.78, 5) is 12.4. The molecular weight excluding hydrogens is 330 g/mol. The van der Waals surface area contributed by atoms with E-state index >= 15 is 0 Å². The van der Waals surface area contributed by atoms with Gasteiger partial charge in [0.15, 0.2) is 0 Å². The number of benzene rings is 2. The zero-order valence-corrected chi connectivity index (χ0v) is 12.4. The quantitative estimate of drug-likeness (QED) is 0.779. The Labute approximate surface area is 123 Å². The summed E-state index contributed by atoms with van der Waals surface area (Å²) in [5, 5.41) is 0. The summed E-state index contributed by atoms with van der Waals surface area (Å²) < 4.78 is 33.6. The number of ether oxygens (including phenoxy) is 1. The fourth-order valence-electron chi connectivity index (χ4n) is 1.85. The largest absolute Gasteiger partial charge is 0.496 e. The van der Waals surface area contributed by atoms with E-state index in [4.69, 9.17) is 4.74 Å². The number of carbonyl (C=O) groups is 1. The fraction of sp³-hybridized carbons (Fsp3) is 0.133. The minimum Gasteiger partial charge on any atom is -0.496 e. The van der Waals surface area contributed by atoms with E-state index in [-0.39, 0.29) is 16.9 Å². The first-order chi connectivity index (χ1) is 9.45. The Bertz CT molecular complexity index is 684. The molecule has 0 spiro atoms. The smallest absolute Gasteiger partial charge is 0.202 e. The second-order valence-corrected chi connectivity index (χ2v) is 5.14.